The largest absolute Gasteiger partial charge is 0.339 e. The highest BCUT2D eigenvalue weighted by molar-refractivity contribution is 5.82. The van der Waals surface area contributed by atoms with Gasteiger partial charge in [0, 0.05) is 18.5 Å². The van der Waals surface area contributed by atoms with Crippen molar-refractivity contribution in [1.82, 2.24) is 4.90 Å². The number of carbonyl (C=O) groups excluding carboxylic acids is 1. The number of nitrogens with zero attached hydrogens (tertiary/aromatic N) is 1. The lowest BCUT2D eigenvalue weighted by molar-refractivity contribution is -0.134. The summed E-state index contributed by atoms with van der Waals surface area (Å²) in [5, 5.41) is 0. The fourth-order valence-corrected chi connectivity index (χ4v) is 6.40. The average molecular weight is 318 g/mol. The average Bonchev–Trinajstić information content (AvgIpc) is 2.89. The minimum Gasteiger partial charge on any atom is -0.339 e. The molecule has 3 aliphatic carbocycles. The van der Waals surface area contributed by atoms with Gasteiger partial charge in [-0.3, -0.25) is 4.79 Å². The number of rotatable bonds is 3. The predicted molar refractivity (Wildman–Crippen MR) is 94.1 cm³/mol. The van der Waals surface area contributed by atoms with Gasteiger partial charge in [0.15, 0.2) is 0 Å². The fourth-order valence-electron chi connectivity index (χ4n) is 6.40. The first-order valence-corrected chi connectivity index (χ1v) is 10.6. The quantitative estimate of drug-likeness (QED) is 0.703. The Hall–Kier alpha value is -0.530. The first kappa shape index (κ1) is 16.0. The summed E-state index contributed by atoms with van der Waals surface area (Å²) in [5.41, 5.74) is 0. The van der Waals surface area contributed by atoms with Crippen molar-refractivity contribution in [3.63, 3.8) is 0 Å². The third-order valence-corrected chi connectivity index (χ3v) is 7.55. The maximum atomic E-state index is 13.4. The smallest absolute Gasteiger partial charge is 0.226 e. The molecule has 0 N–H and O–H groups in total. The minimum absolute atomic E-state index is 0.407. The van der Waals surface area contributed by atoms with Gasteiger partial charge in [0.2, 0.25) is 5.91 Å². The number of hydrogen-bond donors (Lipinski definition) is 0. The molecule has 1 heterocycles. The molecule has 1 saturated heterocycles. The van der Waals surface area contributed by atoms with Gasteiger partial charge in [-0.15, -0.1) is 0 Å². The van der Waals surface area contributed by atoms with Crippen molar-refractivity contribution in [2.75, 3.05) is 6.54 Å². The first-order valence-electron chi connectivity index (χ1n) is 10.6. The van der Waals surface area contributed by atoms with Crippen LogP contribution in [0.4, 0.5) is 0 Å². The highest BCUT2D eigenvalue weighted by Gasteiger charge is 2.51. The minimum atomic E-state index is 0.407. The van der Waals surface area contributed by atoms with E-state index in [0.29, 0.717) is 23.8 Å². The Morgan fingerprint density at radius 2 is 1.35 bits per heavy atom. The molecular weight excluding hydrogens is 282 g/mol. The Labute approximate surface area is 142 Å². The van der Waals surface area contributed by atoms with Crippen LogP contribution in [0, 0.1) is 23.7 Å². The van der Waals surface area contributed by atoms with Crippen LogP contribution in [0.5, 0.6) is 0 Å². The summed E-state index contributed by atoms with van der Waals surface area (Å²) >= 11 is 0. The summed E-state index contributed by atoms with van der Waals surface area (Å²) in [4.78, 5) is 15.8. The van der Waals surface area contributed by atoms with E-state index in [2.05, 4.69) is 4.90 Å². The third kappa shape index (κ3) is 3.20. The molecule has 4 rings (SSSR count). The predicted octanol–water partition coefficient (Wildman–Crippen LogP) is 5.16. The number of carbonyl (C=O) groups is 1. The molecule has 0 radical (unpaired) electrons. The zero-order chi connectivity index (χ0) is 15.6. The normalized spacial score (nSPS) is 37.1. The van der Waals surface area contributed by atoms with E-state index in [1.165, 1.54) is 89.9 Å². The number of fused-ring (bicyclic) bond motifs is 1. The van der Waals surface area contributed by atoms with Crippen molar-refractivity contribution in [2.24, 2.45) is 23.7 Å². The Kier molecular flexibility index (Phi) is 4.96. The van der Waals surface area contributed by atoms with Gasteiger partial charge in [-0.05, 0) is 56.3 Å². The summed E-state index contributed by atoms with van der Waals surface area (Å²) in [5.74, 6) is 3.23. The zero-order valence-electron chi connectivity index (χ0n) is 14.8. The van der Waals surface area contributed by atoms with Crippen molar-refractivity contribution < 1.29 is 4.79 Å². The van der Waals surface area contributed by atoms with Crippen molar-refractivity contribution >= 4 is 5.91 Å². The lowest BCUT2D eigenvalue weighted by atomic mass is 9.70. The van der Waals surface area contributed by atoms with Crippen LogP contribution in [0.3, 0.4) is 0 Å². The molecule has 2 heteroatoms. The Bertz CT molecular complexity index is 408. The van der Waals surface area contributed by atoms with E-state index in [-0.39, 0.29) is 0 Å². The fraction of sp³-hybridized carbons (Fsp3) is 0.952. The highest BCUT2D eigenvalue weighted by Crippen LogP contribution is 2.47. The molecule has 2 nitrogen and oxygen atoms in total. The lowest BCUT2D eigenvalue weighted by Crippen LogP contribution is -2.40. The van der Waals surface area contributed by atoms with Crippen LogP contribution in [-0.4, -0.2) is 23.4 Å². The van der Waals surface area contributed by atoms with Gasteiger partial charge >= 0.3 is 0 Å². The van der Waals surface area contributed by atoms with Crippen molar-refractivity contribution in [2.45, 2.75) is 95.9 Å². The van der Waals surface area contributed by atoms with Gasteiger partial charge in [0.1, 0.15) is 0 Å². The number of hydrogen-bond acceptors (Lipinski definition) is 1. The van der Waals surface area contributed by atoms with E-state index in [1.807, 2.05) is 0 Å². The standard InChI is InChI=1S/C21H35NO/c23-21-20(17-11-5-2-6-12-17)18-13-7-8-14-19(18)22(21)15-16-9-3-1-4-10-16/h16-20H,1-15H2. The maximum Gasteiger partial charge on any atom is 0.226 e. The molecule has 0 bridgehead atoms. The molecule has 3 unspecified atom stereocenters. The SMILES string of the molecule is O=C1C(C2CCCCC2)C2CCCCC2N1CC1CCCCC1. The van der Waals surface area contributed by atoms with Crippen LogP contribution in [-0.2, 0) is 4.79 Å². The van der Waals surface area contributed by atoms with Crippen LogP contribution >= 0.6 is 0 Å². The molecule has 3 saturated carbocycles. The Morgan fingerprint density at radius 3 is 2.09 bits per heavy atom. The van der Waals surface area contributed by atoms with E-state index in [9.17, 15) is 4.79 Å². The molecule has 1 aliphatic heterocycles. The van der Waals surface area contributed by atoms with Crippen molar-refractivity contribution in [3.8, 4) is 0 Å². The van der Waals surface area contributed by atoms with E-state index in [0.717, 1.165) is 18.4 Å². The Morgan fingerprint density at radius 1 is 0.739 bits per heavy atom. The van der Waals surface area contributed by atoms with Crippen molar-refractivity contribution in [1.29, 1.82) is 0 Å². The summed E-state index contributed by atoms with van der Waals surface area (Å²) in [6, 6.07) is 0.616. The first-order chi connectivity index (χ1) is 11.3. The molecule has 0 spiro atoms. The molecule has 1 amide bonds. The summed E-state index contributed by atoms with van der Waals surface area (Å²) < 4.78 is 0. The second kappa shape index (κ2) is 7.15. The van der Waals surface area contributed by atoms with Crippen LogP contribution in [0.25, 0.3) is 0 Å². The van der Waals surface area contributed by atoms with Gasteiger partial charge < -0.3 is 4.90 Å². The molecule has 0 aromatic rings. The van der Waals surface area contributed by atoms with Crippen LogP contribution in [0.1, 0.15) is 89.9 Å². The molecule has 0 aromatic carbocycles. The Balaban J connectivity index is 1.50. The summed E-state index contributed by atoms with van der Waals surface area (Å²) in [6.07, 6.45) is 19.1. The van der Waals surface area contributed by atoms with E-state index >= 15 is 0 Å². The zero-order valence-corrected chi connectivity index (χ0v) is 14.8. The molecule has 4 aliphatic rings. The summed E-state index contributed by atoms with van der Waals surface area (Å²) in [6.45, 7) is 1.10. The van der Waals surface area contributed by atoms with Crippen LogP contribution in [0.15, 0.2) is 0 Å². The molecule has 3 atom stereocenters. The second-order valence-electron chi connectivity index (χ2n) is 8.93. The van der Waals surface area contributed by atoms with Crippen molar-refractivity contribution in [3.05, 3.63) is 0 Å². The molecule has 0 aromatic heterocycles. The van der Waals surface area contributed by atoms with Gasteiger partial charge in [-0.1, -0.05) is 51.4 Å². The molecule has 4 fully saturated rings. The van der Waals surface area contributed by atoms with Gasteiger partial charge in [0.25, 0.3) is 0 Å². The van der Waals surface area contributed by atoms with E-state index in [4.69, 9.17) is 0 Å². The highest BCUT2D eigenvalue weighted by atomic mass is 16.2. The van der Waals surface area contributed by atoms with Gasteiger partial charge in [0.05, 0.1) is 0 Å². The van der Waals surface area contributed by atoms with Crippen LogP contribution in [0.2, 0.25) is 0 Å². The molecule has 23 heavy (non-hydrogen) atoms. The number of amides is 1. The van der Waals surface area contributed by atoms with E-state index < -0.39 is 0 Å². The maximum absolute atomic E-state index is 13.4. The van der Waals surface area contributed by atoms with Gasteiger partial charge in [-0.25, -0.2) is 0 Å². The molecular formula is C21H35NO. The second-order valence-corrected chi connectivity index (χ2v) is 8.93. The topological polar surface area (TPSA) is 20.3 Å². The van der Waals surface area contributed by atoms with E-state index in [1.54, 1.807) is 0 Å². The lowest BCUT2D eigenvalue weighted by Gasteiger charge is -2.35. The summed E-state index contributed by atoms with van der Waals surface area (Å²) in [7, 11) is 0. The molecule has 130 valence electrons. The van der Waals surface area contributed by atoms with Gasteiger partial charge in [-0.2, -0.15) is 0 Å². The third-order valence-electron chi connectivity index (χ3n) is 7.55. The number of likely N-dealkylation sites (tertiary alicyclic amines) is 1. The monoisotopic (exact) mass is 317 g/mol. The van der Waals surface area contributed by atoms with Crippen LogP contribution < -0.4 is 0 Å².